The molecule has 0 bridgehead atoms. The molecule has 4 nitrogen and oxygen atoms in total. The Kier molecular flexibility index (Phi) is 9.55. The average Bonchev–Trinajstić information content (AvgIpc) is 2.67. The van der Waals surface area contributed by atoms with Gasteiger partial charge >= 0.3 is 0 Å². The Labute approximate surface area is 167 Å². The summed E-state index contributed by atoms with van der Waals surface area (Å²) in [7, 11) is 0. The number of halogens is 2. The van der Waals surface area contributed by atoms with Crippen LogP contribution in [0.15, 0.2) is 84.9 Å². The van der Waals surface area contributed by atoms with E-state index in [1.54, 1.807) is 0 Å². The third kappa shape index (κ3) is 5.64. The van der Waals surface area contributed by atoms with E-state index < -0.39 is 0 Å². The Morgan fingerprint density at radius 2 is 1.19 bits per heavy atom. The van der Waals surface area contributed by atoms with E-state index in [1.165, 1.54) is 5.56 Å². The van der Waals surface area contributed by atoms with E-state index in [2.05, 4.69) is 65.9 Å². The Morgan fingerprint density at radius 1 is 0.692 bits per heavy atom. The summed E-state index contributed by atoms with van der Waals surface area (Å²) in [5, 5.41) is 1.99. The topological polar surface area (TPSA) is 39.3 Å². The lowest BCUT2D eigenvalue weighted by Gasteiger charge is -2.26. The number of hydrogen-bond donors (Lipinski definition) is 3. The first-order valence-electron chi connectivity index (χ1n) is 8.13. The van der Waals surface area contributed by atoms with Crippen molar-refractivity contribution in [1.29, 1.82) is 0 Å². The van der Waals surface area contributed by atoms with E-state index in [4.69, 9.17) is 0 Å². The van der Waals surface area contributed by atoms with Crippen LogP contribution < -0.4 is 21.5 Å². The molecule has 0 radical (unpaired) electrons. The van der Waals surface area contributed by atoms with Gasteiger partial charge in [0.25, 0.3) is 0 Å². The lowest BCUT2D eigenvalue weighted by molar-refractivity contribution is 0.601. The molecule has 0 amide bonds. The van der Waals surface area contributed by atoms with Crippen LogP contribution in [0, 0.1) is 0 Å². The minimum atomic E-state index is 0. The molecule has 0 fully saturated rings. The maximum Gasteiger partial charge on any atom is 0.0592 e. The van der Waals surface area contributed by atoms with Crippen LogP contribution in [0.1, 0.15) is 12.5 Å². The van der Waals surface area contributed by atoms with Gasteiger partial charge in [-0.15, -0.1) is 30.3 Å². The van der Waals surface area contributed by atoms with E-state index >= 15 is 0 Å². The Bertz CT molecular complexity index is 715. The molecule has 0 aliphatic rings. The molecule has 0 saturated heterocycles. The summed E-state index contributed by atoms with van der Waals surface area (Å²) >= 11 is 0. The van der Waals surface area contributed by atoms with Crippen molar-refractivity contribution in [2.45, 2.75) is 13.3 Å². The van der Waals surface area contributed by atoms with E-state index in [-0.39, 0.29) is 24.8 Å². The van der Waals surface area contributed by atoms with Crippen LogP contribution in [-0.4, -0.2) is 0 Å². The number of hydrazine groups is 3. The predicted octanol–water partition coefficient (Wildman–Crippen LogP) is 5.27. The molecule has 6 heteroatoms. The fourth-order valence-electron chi connectivity index (χ4n) is 2.53. The molecule has 3 N–H and O–H groups in total. The first kappa shape index (κ1) is 21.8. The highest BCUT2D eigenvalue weighted by Crippen LogP contribution is 2.22. The first-order chi connectivity index (χ1) is 11.9. The maximum absolute atomic E-state index is 3.23. The van der Waals surface area contributed by atoms with Crippen LogP contribution >= 0.6 is 24.8 Å². The normalized spacial score (nSPS) is 9.58. The molecule has 0 aliphatic heterocycles. The standard InChI is InChI=1S/C20H22N4.2ClH/c1-2-17-11-9-10-16-20(17)21-22-23-24(18-12-5-3-6-13-18)19-14-7-4-8-15-19;;/h3-16,21-23H,2H2,1H3;2*1H. The van der Waals surface area contributed by atoms with Gasteiger partial charge in [-0.05, 0) is 42.3 Å². The molecule has 0 atom stereocenters. The van der Waals surface area contributed by atoms with Gasteiger partial charge in [0.2, 0.25) is 0 Å². The van der Waals surface area contributed by atoms with E-state index in [0.29, 0.717) is 0 Å². The van der Waals surface area contributed by atoms with Crippen LogP contribution in [0.4, 0.5) is 17.1 Å². The fourth-order valence-corrected chi connectivity index (χ4v) is 2.53. The number of hydrogen-bond acceptors (Lipinski definition) is 4. The second-order valence-corrected chi connectivity index (χ2v) is 5.38. The van der Waals surface area contributed by atoms with Gasteiger partial charge in [-0.25, -0.2) is 0 Å². The Balaban J connectivity index is 0.00000169. The summed E-state index contributed by atoms with van der Waals surface area (Å²) in [5.74, 6) is 0. The van der Waals surface area contributed by atoms with Crippen molar-refractivity contribution in [3.63, 3.8) is 0 Å². The van der Waals surface area contributed by atoms with Crippen molar-refractivity contribution in [2.24, 2.45) is 0 Å². The Hall–Kier alpha value is -2.24. The molecule has 3 aromatic rings. The minimum absolute atomic E-state index is 0. The molecular weight excluding hydrogens is 367 g/mol. The van der Waals surface area contributed by atoms with Gasteiger partial charge in [-0.2, -0.15) is 5.53 Å². The molecule has 3 aromatic carbocycles. The molecule has 0 saturated carbocycles. The van der Waals surface area contributed by atoms with Gasteiger partial charge < -0.3 is 5.43 Å². The summed E-state index contributed by atoms with van der Waals surface area (Å²) in [6.45, 7) is 2.15. The smallest absolute Gasteiger partial charge is 0.0592 e. The SMILES string of the molecule is CCc1ccccc1NNNN(c1ccccc1)c1ccccc1.Cl.Cl. The number of nitrogens with zero attached hydrogens (tertiary/aromatic N) is 1. The summed E-state index contributed by atoms with van der Waals surface area (Å²) in [5.41, 5.74) is 14.0. The van der Waals surface area contributed by atoms with Crippen molar-refractivity contribution >= 4 is 41.9 Å². The number of benzene rings is 3. The van der Waals surface area contributed by atoms with Gasteiger partial charge in [0.15, 0.2) is 0 Å². The van der Waals surface area contributed by atoms with Gasteiger partial charge in [0, 0.05) is 0 Å². The molecule has 138 valence electrons. The number of rotatable bonds is 7. The molecule has 0 aliphatic carbocycles. The highest BCUT2D eigenvalue weighted by molar-refractivity contribution is 5.85. The molecular formula is C20H24Cl2N4. The summed E-state index contributed by atoms with van der Waals surface area (Å²) in [4.78, 5) is 0. The van der Waals surface area contributed by atoms with Crippen LogP contribution in [0.2, 0.25) is 0 Å². The molecule has 0 unspecified atom stereocenters. The number of anilines is 3. The van der Waals surface area contributed by atoms with Gasteiger partial charge in [-0.1, -0.05) is 61.5 Å². The highest BCUT2D eigenvalue weighted by Gasteiger charge is 2.08. The molecule has 0 spiro atoms. The lowest BCUT2D eigenvalue weighted by atomic mass is 10.1. The second-order valence-electron chi connectivity index (χ2n) is 5.38. The van der Waals surface area contributed by atoms with Crippen molar-refractivity contribution < 1.29 is 0 Å². The van der Waals surface area contributed by atoms with Crippen molar-refractivity contribution in [3.8, 4) is 0 Å². The fraction of sp³-hybridized carbons (Fsp3) is 0.100. The molecule has 0 aromatic heterocycles. The van der Waals surface area contributed by atoms with E-state index in [0.717, 1.165) is 23.5 Å². The molecule has 3 rings (SSSR count). The van der Waals surface area contributed by atoms with E-state index in [1.807, 2.05) is 47.5 Å². The zero-order valence-electron chi connectivity index (χ0n) is 14.6. The highest BCUT2D eigenvalue weighted by atomic mass is 35.5. The molecule has 26 heavy (non-hydrogen) atoms. The average molecular weight is 391 g/mol. The van der Waals surface area contributed by atoms with Crippen molar-refractivity contribution in [2.75, 3.05) is 10.4 Å². The zero-order chi connectivity index (χ0) is 16.6. The number of aryl methyl sites for hydroxylation is 1. The van der Waals surface area contributed by atoms with Crippen LogP contribution in [0.5, 0.6) is 0 Å². The van der Waals surface area contributed by atoms with Crippen LogP contribution in [0.3, 0.4) is 0 Å². The monoisotopic (exact) mass is 390 g/mol. The van der Waals surface area contributed by atoms with Crippen LogP contribution in [0.25, 0.3) is 0 Å². The van der Waals surface area contributed by atoms with Crippen molar-refractivity contribution in [1.82, 2.24) is 11.1 Å². The number of nitrogens with one attached hydrogen (secondary N) is 3. The minimum Gasteiger partial charge on any atom is -0.307 e. The second kappa shape index (κ2) is 11.4. The van der Waals surface area contributed by atoms with E-state index in [9.17, 15) is 0 Å². The van der Waals surface area contributed by atoms with Gasteiger partial charge in [0.05, 0.1) is 17.1 Å². The largest absolute Gasteiger partial charge is 0.307 e. The Morgan fingerprint density at radius 3 is 1.73 bits per heavy atom. The summed E-state index contributed by atoms with van der Waals surface area (Å²) in [6, 6.07) is 28.6. The molecule has 0 heterocycles. The summed E-state index contributed by atoms with van der Waals surface area (Å²) in [6.07, 6.45) is 0.978. The van der Waals surface area contributed by atoms with Gasteiger partial charge in [-0.3, -0.25) is 5.01 Å². The van der Waals surface area contributed by atoms with Crippen LogP contribution in [-0.2, 0) is 6.42 Å². The van der Waals surface area contributed by atoms with Gasteiger partial charge in [0.1, 0.15) is 0 Å². The summed E-state index contributed by atoms with van der Waals surface area (Å²) < 4.78 is 0. The predicted molar refractivity (Wildman–Crippen MR) is 115 cm³/mol. The third-order valence-corrected chi connectivity index (χ3v) is 3.79. The first-order valence-corrected chi connectivity index (χ1v) is 8.13. The quantitative estimate of drug-likeness (QED) is 0.480. The lowest BCUT2D eigenvalue weighted by Crippen LogP contribution is -2.47. The maximum atomic E-state index is 3.23. The number of para-hydroxylation sites is 3. The van der Waals surface area contributed by atoms with Crippen molar-refractivity contribution in [3.05, 3.63) is 90.5 Å². The zero-order valence-corrected chi connectivity index (χ0v) is 16.2. The third-order valence-electron chi connectivity index (χ3n) is 3.79.